The SMILES string of the molecule is CCOCCn1c(=O)[nH]c2cc(C(=O)N3CCN(CC)C(C)(C)C3)ccc21. The fourth-order valence-electron chi connectivity index (χ4n) is 3.95. The van der Waals surface area contributed by atoms with Crippen molar-refractivity contribution in [1.29, 1.82) is 0 Å². The van der Waals surface area contributed by atoms with Crippen molar-refractivity contribution in [2.45, 2.75) is 39.8 Å². The van der Waals surface area contributed by atoms with Crippen LogP contribution in [0.5, 0.6) is 0 Å². The first kappa shape index (κ1) is 19.6. The molecule has 0 bridgehead atoms. The number of imidazole rings is 1. The second-order valence-electron chi connectivity index (χ2n) is 7.63. The molecule has 0 aliphatic carbocycles. The Morgan fingerprint density at radius 1 is 1.26 bits per heavy atom. The maximum Gasteiger partial charge on any atom is 0.326 e. The van der Waals surface area contributed by atoms with Crippen LogP contribution in [0.2, 0.25) is 0 Å². The number of fused-ring (bicyclic) bond motifs is 1. The monoisotopic (exact) mass is 374 g/mol. The van der Waals surface area contributed by atoms with Crippen LogP contribution in [0.4, 0.5) is 0 Å². The molecule has 0 saturated carbocycles. The quantitative estimate of drug-likeness (QED) is 0.785. The number of aromatic amines is 1. The molecule has 1 saturated heterocycles. The lowest BCUT2D eigenvalue weighted by molar-refractivity contribution is 0.0210. The van der Waals surface area contributed by atoms with Crippen LogP contribution >= 0.6 is 0 Å². The topological polar surface area (TPSA) is 70.6 Å². The standard InChI is InChI=1S/C20H30N4O3/c1-5-23-10-9-22(14-20(23,3)4)18(25)15-7-8-17-16(13-15)21-19(26)24(17)11-12-27-6-2/h7-8,13H,5-6,9-12,14H2,1-4H3,(H,21,26). The van der Waals surface area contributed by atoms with Crippen LogP contribution in [-0.2, 0) is 11.3 Å². The van der Waals surface area contributed by atoms with Gasteiger partial charge in [0, 0.05) is 37.3 Å². The van der Waals surface area contributed by atoms with Crippen LogP contribution in [0.25, 0.3) is 11.0 Å². The van der Waals surface area contributed by atoms with Gasteiger partial charge in [0.2, 0.25) is 0 Å². The molecular formula is C20H30N4O3. The number of likely N-dealkylation sites (N-methyl/N-ethyl adjacent to an activating group) is 1. The molecule has 0 unspecified atom stereocenters. The number of rotatable bonds is 6. The van der Waals surface area contributed by atoms with E-state index in [-0.39, 0.29) is 17.1 Å². The Bertz CT molecular complexity index is 868. The van der Waals surface area contributed by atoms with Crippen molar-refractivity contribution in [3.8, 4) is 0 Å². The molecule has 0 atom stereocenters. The lowest BCUT2D eigenvalue weighted by Gasteiger charge is -2.46. The van der Waals surface area contributed by atoms with Crippen LogP contribution in [0.3, 0.4) is 0 Å². The summed E-state index contributed by atoms with van der Waals surface area (Å²) >= 11 is 0. The Labute approximate surface area is 159 Å². The zero-order valence-corrected chi connectivity index (χ0v) is 16.7. The van der Waals surface area contributed by atoms with E-state index >= 15 is 0 Å². The predicted molar refractivity (Wildman–Crippen MR) is 106 cm³/mol. The molecule has 2 heterocycles. The summed E-state index contributed by atoms with van der Waals surface area (Å²) in [5.74, 6) is 0.0173. The lowest BCUT2D eigenvalue weighted by atomic mass is 9.98. The molecule has 1 aromatic carbocycles. The second kappa shape index (κ2) is 7.86. The number of carbonyl (C=O) groups is 1. The highest BCUT2D eigenvalue weighted by Crippen LogP contribution is 2.23. The number of aromatic nitrogens is 2. The molecule has 1 amide bonds. The number of ether oxygens (including phenoxy) is 1. The predicted octanol–water partition coefficient (Wildman–Crippen LogP) is 1.92. The summed E-state index contributed by atoms with van der Waals surface area (Å²) in [4.78, 5) is 32.4. The Morgan fingerprint density at radius 2 is 2.04 bits per heavy atom. The summed E-state index contributed by atoms with van der Waals surface area (Å²) in [5, 5.41) is 0. The van der Waals surface area contributed by atoms with E-state index in [0.29, 0.717) is 37.4 Å². The molecule has 27 heavy (non-hydrogen) atoms. The summed E-state index contributed by atoms with van der Waals surface area (Å²) in [6, 6.07) is 5.45. The van der Waals surface area contributed by atoms with E-state index in [1.165, 1.54) is 0 Å². The van der Waals surface area contributed by atoms with Crippen molar-refractivity contribution >= 4 is 16.9 Å². The van der Waals surface area contributed by atoms with E-state index in [0.717, 1.165) is 25.2 Å². The van der Waals surface area contributed by atoms with Crippen LogP contribution in [0.15, 0.2) is 23.0 Å². The largest absolute Gasteiger partial charge is 0.380 e. The average molecular weight is 374 g/mol. The van der Waals surface area contributed by atoms with Crippen LogP contribution < -0.4 is 5.69 Å². The smallest absolute Gasteiger partial charge is 0.326 e. The van der Waals surface area contributed by atoms with Gasteiger partial charge in [0.1, 0.15) is 0 Å². The Balaban J connectivity index is 1.81. The van der Waals surface area contributed by atoms with Crippen molar-refractivity contribution in [2.75, 3.05) is 39.4 Å². The summed E-state index contributed by atoms with van der Waals surface area (Å²) in [7, 11) is 0. The highest BCUT2D eigenvalue weighted by molar-refractivity contribution is 5.97. The first-order chi connectivity index (χ1) is 12.9. The van der Waals surface area contributed by atoms with Crippen molar-refractivity contribution in [2.24, 2.45) is 0 Å². The zero-order valence-electron chi connectivity index (χ0n) is 16.7. The highest BCUT2D eigenvalue weighted by atomic mass is 16.5. The van der Waals surface area contributed by atoms with Gasteiger partial charge < -0.3 is 14.6 Å². The molecule has 7 heteroatoms. The van der Waals surface area contributed by atoms with Crippen molar-refractivity contribution in [1.82, 2.24) is 19.4 Å². The second-order valence-corrected chi connectivity index (χ2v) is 7.63. The van der Waals surface area contributed by atoms with Gasteiger partial charge in [0.25, 0.3) is 5.91 Å². The van der Waals surface area contributed by atoms with Gasteiger partial charge in [-0.2, -0.15) is 0 Å². The molecule has 1 N–H and O–H groups in total. The third kappa shape index (κ3) is 3.94. The Morgan fingerprint density at radius 3 is 2.70 bits per heavy atom. The number of amides is 1. The average Bonchev–Trinajstić information content (AvgIpc) is 2.95. The number of H-pyrrole nitrogens is 1. The molecular weight excluding hydrogens is 344 g/mol. The number of carbonyl (C=O) groups excluding carboxylic acids is 1. The molecule has 1 aliphatic rings. The molecule has 0 spiro atoms. The number of benzene rings is 1. The van der Waals surface area contributed by atoms with Crippen molar-refractivity contribution in [3.05, 3.63) is 34.2 Å². The first-order valence-electron chi connectivity index (χ1n) is 9.72. The molecule has 1 fully saturated rings. The zero-order chi connectivity index (χ0) is 19.6. The summed E-state index contributed by atoms with van der Waals surface area (Å²) < 4.78 is 7.01. The van der Waals surface area contributed by atoms with Gasteiger partial charge in [0.15, 0.2) is 0 Å². The number of hydrogen-bond acceptors (Lipinski definition) is 4. The Hall–Kier alpha value is -2.12. The van der Waals surface area contributed by atoms with Gasteiger partial charge >= 0.3 is 5.69 Å². The van der Waals surface area contributed by atoms with Crippen LogP contribution in [-0.4, -0.2) is 70.2 Å². The number of hydrogen-bond donors (Lipinski definition) is 1. The number of piperazine rings is 1. The molecule has 148 valence electrons. The van der Waals surface area contributed by atoms with Crippen molar-refractivity contribution < 1.29 is 9.53 Å². The molecule has 0 radical (unpaired) electrons. The molecule has 7 nitrogen and oxygen atoms in total. The number of nitrogens with zero attached hydrogens (tertiary/aromatic N) is 3. The third-order valence-electron chi connectivity index (χ3n) is 5.43. The van der Waals surface area contributed by atoms with E-state index in [1.807, 2.05) is 24.0 Å². The van der Waals surface area contributed by atoms with Crippen LogP contribution in [0, 0.1) is 0 Å². The third-order valence-corrected chi connectivity index (χ3v) is 5.43. The van der Waals surface area contributed by atoms with E-state index in [2.05, 4.69) is 30.7 Å². The van der Waals surface area contributed by atoms with Gasteiger partial charge in [-0.25, -0.2) is 4.79 Å². The lowest BCUT2D eigenvalue weighted by Crippen LogP contribution is -2.60. The van der Waals surface area contributed by atoms with Gasteiger partial charge in [0.05, 0.1) is 24.2 Å². The minimum atomic E-state index is -0.174. The fourth-order valence-corrected chi connectivity index (χ4v) is 3.95. The maximum atomic E-state index is 13.0. The van der Waals surface area contributed by atoms with E-state index in [9.17, 15) is 9.59 Å². The summed E-state index contributed by atoms with van der Waals surface area (Å²) in [5.41, 5.74) is 1.89. The van der Waals surface area contributed by atoms with Crippen molar-refractivity contribution in [3.63, 3.8) is 0 Å². The van der Waals surface area contributed by atoms with E-state index in [1.54, 1.807) is 10.6 Å². The van der Waals surface area contributed by atoms with Gasteiger partial charge in [-0.3, -0.25) is 14.3 Å². The normalized spacial score (nSPS) is 17.6. The first-order valence-corrected chi connectivity index (χ1v) is 9.72. The minimum absolute atomic E-state index is 0.0173. The molecule has 2 aromatic rings. The molecule has 1 aliphatic heterocycles. The van der Waals surface area contributed by atoms with E-state index < -0.39 is 0 Å². The van der Waals surface area contributed by atoms with E-state index in [4.69, 9.17) is 4.74 Å². The van der Waals surface area contributed by atoms with Gasteiger partial charge in [-0.15, -0.1) is 0 Å². The fraction of sp³-hybridized carbons (Fsp3) is 0.600. The van der Waals surface area contributed by atoms with Gasteiger partial charge in [-0.1, -0.05) is 6.92 Å². The van der Waals surface area contributed by atoms with Gasteiger partial charge in [-0.05, 0) is 45.5 Å². The minimum Gasteiger partial charge on any atom is -0.380 e. The van der Waals surface area contributed by atoms with Crippen LogP contribution in [0.1, 0.15) is 38.1 Å². The maximum absolute atomic E-state index is 13.0. The summed E-state index contributed by atoms with van der Waals surface area (Å²) in [6.07, 6.45) is 0. The molecule has 1 aromatic heterocycles. The molecule has 3 rings (SSSR count). The number of nitrogens with one attached hydrogen (secondary N) is 1. The Kier molecular flexibility index (Phi) is 5.72. The highest BCUT2D eigenvalue weighted by Gasteiger charge is 2.34. The summed E-state index contributed by atoms with van der Waals surface area (Å²) in [6.45, 7) is 13.3.